The molecule has 0 unspecified atom stereocenters. The molecule has 5 rings (SSSR count). The summed E-state index contributed by atoms with van der Waals surface area (Å²) in [6.45, 7) is 8.48. The summed E-state index contributed by atoms with van der Waals surface area (Å²) in [5.41, 5.74) is 4.23. The maximum absolute atomic E-state index is 13.9. The third-order valence-electron chi connectivity index (χ3n) is 6.27. The summed E-state index contributed by atoms with van der Waals surface area (Å²) < 4.78 is 5.40. The number of thiazole rings is 1. The highest BCUT2D eigenvalue weighted by atomic mass is 32.1. The van der Waals surface area contributed by atoms with Gasteiger partial charge >= 0.3 is 5.97 Å². The molecule has 0 atom stereocenters. The minimum atomic E-state index is -0.457. The highest BCUT2D eigenvalue weighted by Crippen LogP contribution is 2.41. The molecule has 35 heavy (non-hydrogen) atoms. The van der Waals surface area contributed by atoms with Gasteiger partial charge < -0.3 is 14.6 Å². The second kappa shape index (κ2) is 8.82. The zero-order chi connectivity index (χ0) is 24.7. The fourth-order valence-electron chi connectivity index (χ4n) is 4.74. The van der Waals surface area contributed by atoms with Crippen LogP contribution in [0.25, 0.3) is 27.0 Å². The van der Waals surface area contributed by atoms with E-state index in [1.165, 1.54) is 11.3 Å². The lowest BCUT2D eigenvalue weighted by Crippen LogP contribution is -2.36. The number of rotatable bonds is 4. The minimum absolute atomic E-state index is 0.175. The maximum Gasteiger partial charge on any atom is 0.341 e. The van der Waals surface area contributed by atoms with Gasteiger partial charge in [-0.15, -0.1) is 11.3 Å². The van der Waals surface area contributed by atoms with Crippen molar-refractivity contribution in [1.29, 1.82) is 0 Å². The van der Waals surface area contributed by atoms with Crippen LogP contribution in [-0.2, 0) is 14.9 Å². The quantitative estimate of drug-likeness (QED) is 0.363. The van der Waals surface area contributed by atoms with E-state index in [1.807, 2.05) is 61.5 Å². The molecule has 0 aliphatic carbocycles. The third kappa shape index (κ3) is 4.06. The van der Waals surface area contributed by atoms with Gasteiger partial charge in [0.2, 0.25) is 0 Å². The predicted octanol–water partition coefficient (Wildman–Crippen LogP) is 5.94. The van der Waals surface area contributed by atoms with Crippen LogP contribution in [0.2, 0.25) is 0 Å². The number of aryl methyl sites for hydroxylation is 1. The molecule has 0 saturated carbocycles. The van der Waals surface area contributed by atoms with Crippen LogP contribution in [-0.4, -0.2) is 39.9 Å². The molecule has 0 bridgehead atoms. The van der Waals surface area contributed by atoms with Gasteiger partial charge in [0.15, 0.2) is 0 Å². The van der Waals surface area contributed by atoms with Crippen molar-refractivity contribution in [2.45, 2.75) is 33.1 Å². The zero-order valence-corrected chi connectivity index (χ0v) is 21.0. The summed E-state index contributed by atoms with van der Waals surface area (Å²) in [7, 11) is 0. The van der Waals surface area contributed by atoms with Crippen molar-refractivity contribution in [3.8, 4) is 10.6 Å². The lowest BCUT2D eigenvalue weighted by Gasteiger charge is -2.29. The van der Waals surface area contributed by atoms with Gasteiger partial charge in [-0.05, 0) is 25.5 Å². The van der Waals surface area contributed by atoms with Crippen molar-refractivity contribution >= 4 is 39.7 Å². The van der Waals surface area contributed by atoms with E-state index < -0.39 is 11.4 Å². The monoisotopic (exact) mass is 485 g/mol. The summed E-state index contributed by atoms with van der Waals surface area (Å²) in [4.78, 5) is 37.3. The average molecular weight is 486 g/mol. The van der Waals surface area contributed by atoms with Crippen LogP contribution in [0.15, 0.2) is 60.8 Å². The molecular formula is C28H27N3O3S. The number of nitrogens with zero attached hydrogens (tertiary/aromatic N) is 2. The number of ether oxygens (including phenoxy) is 1. The molecule has 1 aliphatic rings. The van der Waals surface area contributed by atoms with Gasteiger partial charge in [0.25, 0.3) is 5.91 Å². The highest BCUT2D eigenvalue weighted by Gasteiger charge is 2.38. The highest BCUT2D eigenvalue weighted by molar-refractivity contribution is 7.17. The van der Waals surface area contributed by atoms with Crippen molar-refractivity contribution in [3.05, 3.63) is 82.6 Å². The summed E-state index contributed by atoms with van der Waals surface area (Å²) in [5, 5.41) is 1.84. The molecule has 2 aromatic heterocycles. The molecule has 0 radical (unpaired) electrons. The Morgan fingerprint density at radius 3 is 2.57 bits per heavy atom. The Bertz CT molecular complexity index is 1460. The lowest BCUT2D eigenvalue weighted by molar-refractivity contribution is -0.136. The minimum Gasteiger partial charge on any atom is -0.462 e. The molecule has 0 spiro atoms. The van der Waals surface area contributed by atoms with E-state index in [2.05, 4.69) is 23.8 Å². The third-order valence-corrected chi connectivity index (χ3v) is 7.47. The second-order valence-corrected chi connectivity index (χ2v) is 10.3. The Morgan fingerprint density at radius 1 is 1.11 bits per heavy atom. The molecular weight excluding hydrogens is 458 g/mol. The molecule has 4 aromatic rings. The first-order valence-electron chi connectivity index (χ1n) is 11.6. The van der Waals surface area contributed by atoms with Crippen LogP contribution < -0.4 is 0 Å². The first kappa shape index (κ1) is 23.1. The number of esters is 1. The van der Waals surface area contributed by atoms with Crippen LogP contribution in [0.1, 0.15) is 47.4 Å². The molecule has 1 amide bonds. The smallest absolute Gasteiger partial charge is 0.341 e. The van der Waals surface area contributed by atoms with E-state index in [1.54, 1.807) is 18.0 Å². The zero-order valence-electron chi connectivity index (χ0n) is 20.2. The Morgan fingerprint density at radius 2 is 1.83 bits per heavy atom. The van der Waals surface area contributed by atoms with Crippen LogP contribution >= 0.6 is 11.3 Å². The van der Waals surface area contributed by atoms with Gasteiger partial charge in [-0.2, -0.15) is 0 Å². The molecule has 178 valence electrons. The molecule has 2 aromatic carbocycles. The predicted molar refractivity (Wildman–Crippen MR) is 139 cm³/mol. The largest absolute Gasteiger partial charge is 0.462 e. The van der Waals surface area contributed by atoms with Gasteiger partial charge in [-0.3, -0.25) is 4.79 Å². The number of carbonyl (C=O) groups is 2. The Balaban J connectivity index is 1.62. The van der Waals surface area contributed by atoms with Crippen LogP contribution in [0.5, 0.6) is 0 Å². The average Bonchev–Trinajstić information content (AvgIpc) is 3.40. The number of hydrogen-bond acceptors (Lipinski definition) is 5. The first-order chi connectivity index (χ1) is 16.8. The number of amides is 1. The van der Waals surface area contributed by atoms with E-state index in [-0.39, 0.29) is 12.5 Å². The molecule has 1 aliphatic heterocycles. The van der Waals surface area contributed by atoms with Crippen molar-refractivity contribution < 1.29 is 14.3 Å². The SMILES string of the molecule is CCOC(=O)C1=CN(C(=O)c2sc(-c3ccccc3)nc2C)CC(C)(C)c2c1[nH]c1ccccc21. The summed E-state index contributed by atoms with van der Waals surface area (Å²) in [6, 6.07) is 17.8. The van der Waals surface area contributed by atoms with Crippen molar-refractivity contribution in [2.24, 2.45) is 0 Å². The molecule has 7 heteroatoms. The molecule has 6 nitrogen and oxygen atoms in total. The van der Waals surface area contributed by atoms with Gasteiger partial charge in [0.05, 0.1) is 23.6 Å². The first-order valence-corrected chi connectivity index (χ1v) is 12.5. The second-order valence-electron chi connectivity index (χ2n) is 9.30. The van der Waals surface area contributed by atoms with Gasteiger partial charge in [0, 0.05) is 34.6 Å². The Labute approximate surface area is 208 Å². The maximum atomic E-state index is 13.9. The van der Waals surface area contributed by atoms with E-state index in [0.29, 0.717) is 28.4 Å². The number of H-pyrrole nitrogens is 1. The molecule has 0 saturated heterocycles. The Hall–Kier alpha value is -3.71. The molecule has 0 fully saturated rings. The van der Waals surface area contributed by atoms with Gasteiger partial charge in [-0.25, -0.2) is 9.78 Å². The summed E-state index contributed by atoms with van der Waals surface area (Å²) in [6.07, 6.45) is 1.64. The summed E-state index contributed by atoms with van der Waals surface area (Å²) >= 11 is 1.37. The van der Waals surface area contributed by atoms with Crippen LogP contribution in [0.3, 0.4) is 0 Å². The fourth-order valence-corrected chi connectivity index (χ4v) is 5.77. The topological polar surface area (TPSA) is 75.3 Å². The van der Waals surface area contributed by atoms with Crippen molar-refractivity contribution in [1.82, 2.24) is 14.9 Å². The number of nitrogens with one attached hydrogen (secondary N) is 1. The number of aromatic amines is 1. The standard InChI is InChI=1S/C28H27N3O3S/c1-5-34-27(33)20-15-31(16-28(3,4)22-19-13-9-10-14-21(19)30-23(20)22)26(32)24-17(2)29-25(35-24)18-11-7-6-8-12-18/h6-15,30H,5,16H2,1-4H3. The normalized spacial score (nSPS) is 14.9. The van der Waals surface area contributed by atoms with E-state index in [4.69, 9.17) is 4.74 Å². The van der Waals surface area contributed by atoms with E-state index in [0.717, 1.165) is 27.0 Å². The number of carbonyl (C=O) groups excluding carboxylic acids is 2. The van der Waals surface area contributed by atoms with Crippen LogP contribution in [0, 0.1) is 6.92 Å². The molecule has 3 heterocycles. The van der Waals surface area contributed by atoms with E-state index in [9.17, 15) is 9.59 Å². The number of hydrogen-bond donors (Lipinski definition) is 1. The number of benzene rings is 2. The van der Waals surface area contributed by atoms with E-state index >= 15 is 0 Å². The van der Waals surface area contributed by atoms with Crippen LogP contribution in [0.4, 0.5) is 0 Å². The Kier molecular flexibility index (Phi) is 5.81. The van der Waals surface area contributed by atoms with Gasteiger partial charge in [-0.1, -0.05) is 62.4 Å². The number of fused-ring (bicyclic) bond motifs is 3. The summed E-state index contributed by atoms with van der Waals surface area (Å²) in [5.74, 6) is -0.631. The number of para-hydroxylation sites is 1. The van der Waals surface area contributed by atoms with Gasteiger partial charge in [0.1, 0.15) is 9.88 Å². The van der Waals surface area contributed by atoms with Crippen molar-refractivity contribution in [2.75, 3.05) is 13.2 Å². The molecule has 1 N–H and O–H groups in total. The number of aromatic nitrogens is 2. The fraction of sp³-hybridized carbons (Fsp3) is 0.250. The lowest BCUT2D eigenvalue weighted by atomic mass is 9.82. The van der Waals surface area contributed by atoms with Crippen molar-refractivity contribution in [3.63, 3.8) is 0 Å².